The lowest BCUT2D eigenvalue weighted by Gasteiger charge is -2.21. The maximum absolute atomic E-state index is 5.56. The first-order valence-electron chi connectivity index (χ1n) is 10.8. The first kappa shape index (κ1) is 23.1. The predicted molar refractivity (Wildman–Crippen MR) is 128 cm³/mol. The van der Waals surface area contributed by atoms with Crippen molar-refractivity contribution < 1.29 is 4.74 Å². The highest BCUT2D eigenvalue weighted by Crippen LogP contribution is 2.31. The van der Waals surface area contributed by atoms with Gasteiger partial charge in [-0.15, -0.1) is 21.5 Å². The van der Waals surface area contributed by atoms with Crippen molar-refractivity contribution in [3.63, 3.8) is 0 Å². The van der Waals surface area contributed by atoms with Crippen molar-refractivity contribution in [2.75, 3.05) is 7.11 Å². The van der Waals surface area contributed by atoms with E-state index in [1.165, 1.54) is 10.7 Å². The van der Waals surface area contributed by atoms with Crippen LogP contribution in [-0.4, -0.2) is 32.3 Å². The van der Waals surface area contributed by atoms with Crippen LogP contribution in [0, 0.1) is 5.41 Å². The number of nitrogens with zero attached hydrogens (tertiary/aromatic N) is 5. The van der Waals surface area contributed by atoms with Gasteiger partial charge in [-0.2, -0.15) is 4.80 Å². The third-order valence-corrected chi connectivity index (χ3v) is 6.26. The Kier molecular flexibility index (Phi) is 7.26. The smallest absolute Gasteiger partial charge is 0.204 e. The molecule has 6 nitrogen and oxygen atoms in total. The molecular formula is C24H33N5OS. The minimum Gasteiger partial charge on any atom is -0.496 e. The van der Waals surface area contributed by atoms with Gasteiger partial charge in [-0.3, -0.25) is 0 Å². The van der Waals surface area contributed by atoms with E-state index >= 15 is 0 Å². The normalized spacial score (nSPS) is 12.4. The van der Waals surface area contributed by atoms with Gasteiger partial charge in [0.15, 0.2) is 0 Å². The first-order valence-corrected chi connectivity index (χ1v) is 11.7. The van der Waals surface area contributed by atoms with Gasteiger partial charge in [0.25, 0.3) is 0 Å². The van der Waals surface area contributed by atoms with Crippen LogP contribution in [-0.2, 0) is 6.42 Å². The fourth-order valence-electron chi connectivity index (χ4n) is 3.30. The molecule has 0 saturated carbocycles. The van der Waals surface area contributed by atoms with E-state index in [1.54, 1.807) is 23.2 Å². The van der Waals surface area contributed by atoms with Crippen molar-refractivity contribution in [1.82, 2.24) is 25.2 Å². The van der Waals surface area contributed by atoms with Crippen molar-refractivity contribution >= 4 is 17.4 Å². The zero-order valence-electron chi connectivity index (χ0n) is 19.6. The van der Waals surface area contributed by atoms with E-state index in [0.717, 1.165) is 29.7 Å². The highest BCUT2D eigenvalue weighted by atomic mass is 32.1. The quantitative estimate of drug-likeness (QED) is 0.398. The van der Waals surface area contributed by atoms with Crippen LogP contribution in [0.1, 0.15) is 76.2 Å². The minimum absolute atomic E-state index is 0.116. The number of ether oxygens (including phenoxy) is 1. The van der Waals surface area contributed by atoms with Gasteiger partial charge >= 0.3 is 0 Å². The molecule has 0 saturated heterocycles. The zero-order valence-corrected chi connectivity index (χ0v) is 20.4. The Morgan fingerprint density at radius 1 is 1.19 bits per heavy atom. The van der Waals surface area contributed by atoms with E-state index in [9.17, 15) is 0 Å². The Bertz CT molecular complexity index is 1030. The van der Waals surface area contributed by atoms with Crippen molar-refractivity contribution in [1.29, 1.82) is 0 Å². The molecule has 3 aromatic rings. The summed E-state index contributed by atoms with van der Waals surface area (Å²) in [5.41, 5.74) is 3.24. The molecule has 0 spiro atoms. The van der Waals surface area contributed by atoms with Gasteiger partial charge in [0, 0.05) is 22.4 Å². The monoisotopic (exact) mass is 439 g/mol. The van der Waals surface area contributed by atoms with Gasteiger partial charge < -0.3 is 4.74 Å². The molecule has 0 N–H and O–H groups in total. The number of benzene rings is 1. The third-order valence-electron chi connectivity index (χ3n) is 5.07. The van der Waals surface area contributed by atoms with Gasteiger partial charge in [-0.05, 0) is 55.5 Å². The number of rotatable bonds is 9. The maximum Gasteiger partial charge on any atom is 0.204 e. The number of hydrogen-bond donors (Lipinski definition) is 0. The fourth-order valence-corrected chi connectivity index (χ4v) is 4.13. The van der Waals surface area contributed by atoms with Crippen LogP contribution >= 0.6 is 11.3 Å². The molecule has 0 aliphatic heterocycles. The van der Waals surface area contributed by atoms with Crippen molar-refractivity contribution in [3.05, 3.63) is 45.9 Å². The summed E-state index contributed by atoms with van der Waals surface area (Å²) in [6.07, 6.45) is 6.24. The lowest BCUT2D eigenvalue weighted by molar-refractivity contribution is 0.365. The van der Waals surface area contributed by atoms with Gasteiger partial charge in [0.1, 0.15) is 5.75 Å². The second-order valence-corrected chi connectivity index (χ2v) is 10.2. The Morgan fingerprint density at radius 3 is 2.58 bits per heavy atom. The second-order valence-electron chi connectivity index (χ2n) is 9.26. The Balaban J connectivity index is 1.73. The molecule has 0 bridgehead atoms. The van der Waals surface area contributed by atoms with Crippen LogP contribution in [0.25, 0.3) is 17.5 Å². The van der Waals surface area contributed by atoms with Crippen LogP contribution < -0.4 is 4.74 Å². The number of tetrazole rings is 1. The molecule has 31 heavy (non-hydrogen) atoms. The number of methoxy groups -OCH3 is 1. The number of hydrogen-bond acceptors (Lipinski definition) is 6. The van der Waals surface area contributed by atoms with E-state index in [0.29, 0.717) is 11.7 Å². The molecule has 2 heterocycles. The minimum atomic E-state index is 0.116. The van der Waals surface area contributed by atoms with Crippen LogP contribution in [0.2, 0.25) is 0 Å². The number of aromatic nitrogens is 5. The van der Waals surface area contributed by atoms with Gasteiger partial charge in [-0.1, -0.05) is 39.8 Å². The Labute approximate surface area is 189 Å². The van der Waals surface area contributed by atoms with Gasteiger partial charge in [0.05, 0.1) is 23.9 Å². The lowest BCUT2D eigenvalue weighted by Crippen LogP contribution is -2.14. The van der Waals surface area contributed by atoms with Crippen LogP contribution in [0.4, 0.5) is 0 Å². The zero-order chi connectivity index (χ0) is 22.6. The molecule has 0 unspecified atom stereocenters. The second kappa shape index (κ2) is 9.73. The van der Waals surface area contributed by atoms with Crippen LogP contribution in [0.15, 0.2) is 29.7 Å². The molecule has 0 atom stereocenters. The van der Waals surface area contributed by atoms with E-state index < -0.39 is 0 Å². The SMILES string of the molecule is COc1ccc(-c2nnn(C(C)C)n2)cc1/C=C/CC(C)(C)Cc1csc(C(C)C)n1. The first-order chi connectivity index (χ1) is 14.7. The third kappa shape index (κ3) is 6.00. The molecule has 0 radical (unpaired) electrons. The summed E-state index contributed by atoms with van der Waals surface area (Å²) in [6.45, 7) is 13.0. The van der Waals surface area contributed by atoms with E-state index in [4.69, 9.17) is 9.72 Å². The number of thiazole rings is 1. The molecular weight excluding hydrogens is 406 g/mol. The van der Waals surface area contributed by atoms with Crippen LogP contribution in [0.5, 0.6) is 5.75 Å². The summed E-state index contributed by atoms with van der Waals surface area (Å²) in [5.74, 6) is 1.93. The number of allylic oxidation sites excluding steroid dienone is 1. The lowest BCUT2D eigenvalue weighted by atomic mass is 9.84. The summed E-state index contributed by atoms with van der Waals surface area (Å²) >= 11 is 1.76. The van der Waals surface area contributed by atoms with E-state index in [2.05, 4.69) is 66.7 Å². The van der Waals surface area contributed by atoms with Crippen molar-refractivity contribution in [2.24, 2.45) is 5.41 Å². The molecule has 0 fully saturated rings. The summed E-state index contributed by atoms with van der Waals surface area (Å²) in [7, 11) is 1.69. The average molecular weight is 440 g/mol. The largest absolute Gasteiger partial charge is 0.496 e. The summed E-state index contributed by atoms with van der Waals surface area (Å²) in [4.78, 5) is 6.43. The van der Waals surface area contributed by atoms with Crippen molar-refractivity contribution in [3.8, 4) is 17.1 Å². The summed E-state index contributed by atoms with van der Waals surface area (Å²) in [5, 5.41) is 16.2. The van der Waals surface area contributed by atoms with Crippen LogP contribution in [0.3, 0.4) is 0 Å². The molecule has 166 valence electrons. The standard InChI is InChI=1S/C24H33N5OS/c1-16(2)23-25-20(15-31-23)14-24(5,6)12-8-9-18-13-19(10-11-21(18)30-7)22-26-28-29(27-22)17(3)4/h8-11,13,15-17H,12,14H2,1-7H3/b9-8+. The molecule has 3 rings (SSSR count). The van der Waals surface area contributed by atoms with E-state index in [-0.39, 0.29) is 11.5 Å². The average Bonchev–Trinajstić information content (AvgIpc) is 3.37. The Morgan fingerprint density at radius 2 is 1.97 bits per heavy atom. The maximum atomic E-state index is 5.56. The molecule has 7 heteroatoms. The van der Waals surface area contributed by atoms with Crippen molar-refractivity contribution in [2.45, 2.75) is 66.3 Å². The van der Waals surface area contributed by atoms with Gasteiger partial charge in [0.2, 0.25) is 5.82 Å². The molecule has 0 amide bonds. The summed E-state index contributed by atoms with van der Waals surface area (Å²) < 4.78 is 5.56. The summed E-state index contributed by atoms with van der Waals surface area (Å²) in [6, 6.07) is 6.16. The predicted octanol–water partition coefficient (Wildman–Crippen LogP) is 6.18. The van der Waals surface area contributed by atoms with Gasteiger partial charge in [-0.25, -0.2) is 4.98 Å². The molecule has 1 aromatic carbocycles. The molecule has 0 aliphatic rings. The fraction of sp³-hybridized carbons (Fsp3) is 0.500. The van der Waals surface area contributed by atoms with E-state index in [1.807, 2.05) is 26.0 Å². The molecule has 2 aromatic heterocycles. The highest BCUT2D eigenvalue weighted by Gasteiger charge is 2.19. The topological polar surface area (TPSA) is 65.7 Å². The molecule has 0 aliphatic carbocycles. The highest BCUT2D eigenvalue weighted by molar-refractivity contribution is 7.09. The Hall–Kier alpha value is -2.54.